The second-order valence-electron chi connectivity index (χ2n) is 10.7. The number of likely N-dealkylation sites (tertiary alicyclic amines) is 2. The third-order valence-electron chi connectivity index (χ3n) is 8.99. The number of hydrogen-bond acceptors (Lipinski definition) is 4. The Hall–Kier alpha value is -3.12. The van der Waals surface area contributed by atoms with E-state index in [1.165, 1.54) is 18.4 Å². The van der Waals surface area contributed by atoms with Crippen molar-refractivity contribution < 1.29 is 9.53 Å². The first kappa shape index (κ1) is 22.4. The molecule has 2 bridgehead atoms. The van der Waals surface area contributed by atoms with E-state index in [-0.39, 0.29) is 23.4 Å². The molecule has 5 atom stereocenters. The fraction of sp³-hybridized carbons (Fsp3) is 0.448. The number of H-pyrrole nitrogens is 1. The number of nitrogens with one attached hydrogen (secondary N) is 1. The fourth-order valence-electron chi connectivity index (χ4n) is 7.38. The summed E-state index contributed by atoms with van der Waals surface area (Å²) < 4.78 is 5.52. The van der Waals surface area contributed by atoms with Crippen LogP contribution in [0.1, 0.15) is 48.7 Å². The van der Waals surface area contributed by atoms with Gasteiger partial charge in [-0.3, -0.25) is 14.8 Å². The minimum absolute atomic E-state index is 0.0754. The Kier molecular flexibility index (Phi) is 5.44. The fourth-order valence-corrected chi connectivity index (χ4v) is 7.38. The molecule has 2 aliphatic heterocycles. The number of aromatic nitrogens is 2. The first-order chi connectivity index (χ1) is 17.0. The van der Waals surface area contributed by atoms with E-state index < -0.39 is 0 Å². The summed E-state index contributed by atoms with van der Waals surface area (Å²) in [6.45, 7) is 2.42. The number of hydrogen-bond donors (Lipinski definition) is 1. The van der Waals surface area contributed by atoms with E-state index in [1.807, 2.05) is 30.3 Å². The summed E-state index contributed by atoms with van der Waals surface area (Å²) in [6.07, 6.45) is 5.49. The molecule has 182 valence electrons. The maximum atomic E-state index is 14.1. The van der Waals surface area contributed by atoms with Gasteiger partial charge in [-0.25, -0.2) is 0 Å². The number of amides is 1. The lowest BCUT2D eigenvalue weighted by molar-refractivity contribution is -0.00397. The number of benzene rings is 2. The third kappa shape index (κ3) is 3.49. The van der Waals surface area contributed by atoms with Gasteiger partial charge >= 0.3 is 0 Å². The number of aromatic amines is 1. The number of ether oxygens (including phenoxy) is 1. The molecule has 1 aliphatic carbocycles. The summed E-state index contributed by atoms with van der Waals surface area (Å²) in [6, 6.07) is 21.7. The minimum Gasteiger partial charge on any atom is -0.496 e. The largest absolute Gasteiger partial charge is 0.496 e. The van der Waals surface area contributed by atoms with Gasteiger partial charge in [0.1, 0.15) is 11.4 Å². The van der Waals surface area contributed by atoms with E-state index >= 15 is 0 Å². The predicted octanol–water partition coefficient (Wildman–Crippen LogP) is 4.78. The van der Waals surface area contributed by atoms with E-state index in [4.69, 9.17) is 4.74 Å². The van der Waals surface area contributed by atoms with Gasteiger partial charge < -0.3 is 9.64 Å². The average Bonchev–Trinajstić information content (AvgIpc) is 3.49. The van der Waals surface area contributed by atoms with Gasteiger partial charge in [-0.05, 0) is 62.9 Å². The Morgan fingerprint density at radius 2 is 1.86 bits per heavy atom. The molecule has 3 aliphatic rings. The molecular weight excluding hydrogens is 436 g/mol. The van der Waals surface area contributed by atoms with Crippen LogP contribution in [-0.2, 0) is 6.42 Å². The molecule has 6 rings (SSSR count). The van der Waals surface area contributed by atoms with Crippen LogP contribution in [0, 0.1) is 5.41 Å². The van der Waals surface area contributed by atoms with Crippen LogP contribution in [0.25, 0.3) is 11.3 Å². The van der Waals surface area contributed by atoms with Gasteiger partial charge in [0.2, 0.25) is 0 Å². The molecule has 1 N–H and O–H groups in total. The van der Waals surface area contributed by atoms with Crippen LogP contribution >= 0.6 is 0 Å². The highest BCUT2D eigenvalue weighted by atomic mass is 16.5. The summed E-state index contributed by atoms with van der Waals surface area (Å²) in [5.74, 6) is 0.827. The predicted molar refractivity (Wildman–Crippen MR) is 136 cm³/mol. The number of likely N-dealkylation sites (N-methyl/N-ethyl adjacent to an activating group) is 1. The first-order valence-electron chi connectivity index (χ1n) is 12.8. The lowest BCUT2D eigenvalue weighted by atomic mass is 9.64. The Balaban J connectivity index is 1.36. The Morgan fingerprint density at radius 3 is 2.66 bits per heavy atom. The molecular formula is C29H34N4O2. The topological polar surface area (TPSA) is 61.5 Å². The Labute approximate surface area is 207 Å². The second-order valence-corrected chi connectivity index (χ2v) is 10.7. The van der Waals surface area contributed by atoms with Crippen LogP contribution in [0.5, 0.6) is 5.75 Å². The van der Waals surface area contributed by atoms with E-state index in [1.54, 1.807) is 7.11 Å². The summed E-state index contributed by atoms with van der Waals surface area (Å²) >= 11 is 0. The number of nitrogens with zero attached hydrogens (tertiary/aromatic N) is 3. The zero-order valence-corrected chi connectivity index (χ0v) is 20.8. The molecule has 3 fully saturated rings. The molecule has 0 spiro atoms. The number of fused-ring (bicyclic) bond motifs is 1. The van der Waals surface area contributed by atoms with Gasteiger partial charge in [-0.15, -0.1) is 0 Å². The van der Waals surface area contributed by atoms with Crippen molar-refractivity contribution in [1.29, 1.82) is 0 Å². The molecule has 1 saturated carbocycles. The molecule has 1 amide bonds. The van der Waals surface area contributed by atoms with Crippen molar-refractivity contribution in [2.75, 3.05) is 14.2 Å². The number of carbonyl (C=O) groups is 1. The maximum absolute atomic E-state index is 14.1. The van der Waals surface area contributed by atoms with Crippen LogP contribution < -0.4 is 4.74 Å². The van der Waals surface area contributed by atoms with Gasteiger partial charge in [0.05, 0.1) is 12.8 Å². The van der Waals surface area contributed by atoms with Gasteiger partial charge in [0, 0.05) is 35.1 Å². The molecule has 2 saturated heterocycles. The molecule has 1 aromatic heterocycles. The van der Waals surface area contributed by atoms with Gasteiger partial charge in [0.15, 0.2) is 0 Å². The summed E-state index contributed by atoms with van der Waals surface area (Å²) in [5, 5.41) is 7.57. The van der Waals surface area contributed by atoms with Crippen molar-refractivity contribution in [2.24, 2.45) is 5.41 Å². The number of rotatable bonds is 5. The number of para-hydroxylation sites is 1. The van der Waals surface area contributed by atoms with Gasteiger partial charge in [-0.1, -0.05) is 49.4 Å². The van der Waals surface area contributed by atoms with Gasteiger partial charge in [0.25, 0.3) is 5.91 Å². The zero-order chi connectivity index (χ0) is 24.2. The highest BCUT2D eigenvalue weighted by molar-refractivity contribution is 5.94. The van der Waals surface area contributed by atoms with Crippen molar-refractivity contribution >= 4 is 5.91 Å². The van der Waals surface area contributed by atoms with Crippen LogP contribution in [-0.4, -0.2) is 64.2 Å². The highest BCUT2D eigenvalue weighted by Gasteiger charge is 2.63. The van der Waals surface area contributed by atoms with Crippen molar-refractivity contribution in [3.63, 3.8) is 0 Å². The Bertz CT molecular complexity index is 1220. The molecule has 0 unspecified atom stereocenters. The highest BCUT2D eigenvalue weighted by Crippen LogP contribution is 2.56. The monoisotopic (exact) mass is 470 g/mol. The van der Waals surface area contributed by atoms with Gasteiger partial charge in [-0.2, -0.15) is 5.10 Å². The lowest BCUT2D eigenvalue weighted by Crippen LogP contribution is -2.59. The summed E-state index contributed by atoms with van der Waals surface area (Å²) in [4.78, 5) is 19.0. The average molecular weight is 471 g/mol. The van der Waals surface area contributed by atoms with E-state index in [0.717, 1.165) is 36.3 Å². The summed E-state index contributed by atoms with van der Waals surface area (Å²) in [5.41, 5.74) is 3.65. The standard InChI is InChI=1S/C29H34N4O2/c1-29-18-24-23(16-19-10-5-4-6-11-19)32(2)26(29)14-9-15-27(29)33(24)28(34)22-17-21(30-31-22)20-12-7-8-13-25(20)35-3/h4-8,10-13,17,23-24,26-27H,9,14-16,18H2,1-3H3,(H,30,31)/t23-,24-,26+,27-,29+/m0/s1. The second kappa shape index (κ2) is 8.52. The van der Waals surface area contributed by atoms with E-state index in [0.29, 0.717) is 17.8 Å². The van der Waals surface area contributed by atoms with Crippen molar-refractivity contribution in [3.05, 3.63) is 71.9 Å². The number of methoxy groups -OCH3 is 1. The first-order valence-corrected chi connectivity index (χ1v) is 12.8. The molecule has 0 radical (unpaired) electrons. The van der Waals surface area contributed by atoms with Crippen molar-refractivity contribution in [2.45, 2.75) is 63.2 Å². The van der Waals surface area contributed by atoms with Crippen LogP contribution in [0.15, 0.2) is 60.7 Å². The van der Waals surface area contributed by atoms with Crippen molar-refractivity contribution in [3.8, 4) is 17.0 Å². The Morgan fingerprint density at radius 1 is 1.11 bits per heavy atom. The lowest BCUT2D eigenvalue weighted by Gasteiger charge is -2.51. The third-order valence-corrected chi connectivity index (χ3v) is 8.99. The molecule has 3 heterocycles. The molecule has 2 aromatic carbocycles. The zero-order valence-electron chi connectivity index (χ0n) is 20.8. The number of piperidine rings is 1. The quantitative estimate of drug-likeness (QED) is 0.583. The van der Waals surface area contributed by atoms with Crippen LogP contribution in [0.2, 0.25) is 0 Å². The SMILES string of the molecule is COc1ccccc1-c1cc(C(=O)N2[C@H]3CCC[C@H]4N(C)[C@@H](Cc5ccccc5)[C@@H]2C[C@@]34C)[nH]n1. The summed E-state index contributed by atoms with van der Waals surface area (Å²) in [7, 11) is 3.95. The van der Waals surface area contributed by atoms with Crippen molar-refractivity contribution in [1.82, 2.24) is 20.0 Å². The smallest absolute Gasteiger partial charge is 0.272 e. The van der Waals surface area contributed by atoms with E-state index in [9.17, 15) is 4.79 Å². The minimum atomic E-state index is 0.0754. The molecule has 6 heteroatoms. The number of carbonyl (C=O) groups excluding carboxylic acids is 1. The molecule has 6 nitrogen and oxygen atoms in total. The normalized spacial score (nSPS) is 29.9. The van der Waals surface area contributed by atoms with E-state index in [2.05, 4.69) is 64.3 Å². The molecule has 35 heavy (non-hydrogen) atoms. The van der Waals surface area contributed by atoms with Crippen LogP contribution in [0.4, 0.5) is 0 Å². The van der Waals surface area contributed by atoms with Crippen LogP contribution in [0.3, 0.4) is 0 Å². The molecule has 3 aromatic rings. The maximum Gasteiger partial charge on any atom is 0.272 e.